The fourth-order valence-electron chi connectivity index (χ4n) is 2.00. The summed E-state index contributed by atoms with van der Waals surface area (Å²) in [6, 6.07) is 10.5. The first-order chi connectivity index (χ1) is 8.31. The quantitative estimate of drug-likeness (QED) is 0.742. The van der Waals surface area contributed by atoms with Crippen LogP contribution in [0, 0.1) is 0 Å². The number of aromatic nitrogens is 2. The number of benzene rings is 1. The summed E-state index contributed by atoms with van der Waals surface area (Å²) in [5.74, 6) is 2.19. The van der Waals surface area contributed by atoms with Crippen LogP contribution in [0.4, 0.5) is 0 Å². The zero-order valence-electron chi connectivity index (χ0n) is 10.0. The van der Waals surface area contributed by atoms with Crippen molar-refractivity contribution in [2.75, 3.05) is 5.88 Å². The molecule has 0 N–H and O–H groups in total. The molecule has 0 saturated heterocycles. The van der Waals surface area contributed by atoms with Gasteiger partial charge in [0.05, 0.1) is 0 Å². The first-order valence-electron chi connectivity index (χ1n) is 5.88. The highest BCUT2D eigenvalue weighted by Gasteiger charge is 2.11. The average Bonchev–Trinajstić information content (AvgIpc) is 2.77. The normalized spacial score (nSPS) is 12.6. The zero-order valence-corrected chi connectivity index (χ0v) is 10.8. The van der Waals surface area contributed by atoms with Crippen molar-refractivity contribution in [3.63, 3.8) is 0 Å². The van der Waals surface area contributed by atoms with Gasteiger partial charge >= 0.3 is 0 Å². The van der Waals surface area contributed by atoms with Crippen molar-refractivity contribution in [2.45, 2.75) is 18.8 Å². The molecule has 90 valence electrons. The standard InChI is InChI=1S/C14H17ClN2/c1-17-10-9-16-14(17)8-7-13(11-15)12-5-3-2-4-6-12/h2-6,9-10,13H,7-8,11H2,1H3. The number of hydrogen-bond acceptors (Lipinski definition) is 1. The van der Waals surface area contributed by atoms with E-state index in [2.05, 4.69) is 33.8 Å². The third kappa shape index (κ3) is 3.10. The highest BCUT2D eigenvalue weighted by Crippen LogP contribution is 2.22. The second-order valence-electron chi connectivity index (χ2n) is 4.25. The van der Waals surface area contributed by atoms with E-state index in [-0.39, 0.29) is 0 Å². The Kier molecular flexibility index (Phi) is 4.21. The van der Waals surface area contributed by atoms with Crippen molar-refractivity contribution in [3.8, 4) is 0 Å². The van der Waals surface area contributed by atoms with Crippen LogP contribution in [-0.4, -0.2) is 15.4 Å². The summed E-state index contributed by atoms with van der Waals surface area (Å²) in [5, 5.41) is 0. The van der Waals surface area contributed by atoms with Gasteiger partial charge in [0.25, 0.3) is 0 Å². The van der Waals surface area contributed by atoms with Gasteiger partial charge in [-0.05, 0) is 17.9 Å². The average molecular weight is 249 g/mol. The maximum absolute atomic E-state index is 6.05. The molecule has 1 aromatic heterocycles. The molecule has 0 aliphatic heterocycles. The minimum atomic E-state index is 0.412. The summed E-state index contributed by atoms with van der Waals surface area (Å²) in [6.45, 7) is 0. The predicted octanol–water partition coefficient (Wildman–Crippen LogP) is 3.38. The van der Waals surface area contributed by atoms with Crippen molar-refractivity contribution in [1.82, 2.24) is 9.55 Å². The number of nitrogens with zero attached hydrogens (tertiary/aromatic N) is 2. The lowest BCUT2D eigenvalue weighted by Gasteiger charge is -2.13. The molecular formula is C14H17ClN2. The molecule has 1 heterocycles. The SMILES string of the molecule is Cn1ccnc1CCC(CCl)c1ccccc1. The van der Waals surface area contributed by atoms with Crippen molar-refractivity contribution in [3.05, 3.63) is 54.1 Å². The minimum Gasteiger partial charge on any atom is -0.338 e. The lowest BCUT2D eigenvalue weighted by atomic mass is 9.96. The van der Waals surface area contributed by atoms with E-state index in [9.17, 15) is 0 Å². The lowest BCUT2D eigenvalue weighted by Crippen LogP contribution is -2.05. The highest BCUT2D eigenvalue weighted by atomic mass is 35.5. The van der Waals surface area contributed by atoms with E-state index >= 15 is 0 Å². The molecule has 2 nitrogen and oxygen atoms in total. The Morgan fingerprint density at radius 1 is 1.29 bits per heavy atom. The number of halogens is 1. The van der Waals surface area contributed by atoms with Gasteiger partial charge in [0.15, 0.2) is 0 Å². The van der Waals surface area contributed by atoms with Crippen LogP contribution in [0.15, 0.2) is 42.7 Å². The van der Waals surface area contributed by atoms with Crippen LogP contribution in [0.25, 0.3) is 0 Å². The maximum atomic E-state index is 6.05. The Bertz CT molecular complexity index is 450. The summed E-state index contributed by atoms with van der Waals surface area (Å²) in [6.07, 6.45) is 5.83. The van der Waals surface area contributed by atoms with Gasteiger partial charge in [0.2, 0.25) is 0 Å². The van der Waals surface area contributed by atoms with E-state index in [4.69, 9.17) is 11.6 Å². The smallest absolute Gasteiger partial charge is 0.108 e. The van der Waals surface area contributed by atoms with E-state index in [1.54, 1.807) is 0 Å². The number of rotatable bonds is 5. The molecule has 0 aliphatic carbocycles. The van der Waals surface area contributed by atoms with Crippen LogP contribution in [0.3, 0.4) is 0 Å². The second-order valence-corrected chi connectivity index (χ2v) is 4.56. The molecule has 0 radical (unpaired) electrons. The van der Waals surface area contributed by atoms with Crippen LogP contribution in [-0.2, 0) is 13.5 Å². The molecule has 1 atom stereocenters. The minimum absolute atomic E-state index is 0.412. The van der Waals surface area contributed by atoms with Gasteiger partial charge in [0.1, 0.15) is 5.82 Å². The first kappa shape index (κ1) is 12.2. The second kappa shape index (κ2) is 5.87. The van der Waals surface area contributed by atoms with Crippen molar-refractivity contribution in [1.29, 1.82) is 0 Å². The van der Waals surface area contributed by atoms with Gasteiger partial charge in [-0.25, -0.2) is 4.98 Å². The first-order valence-corrected chi connectivity index (χ1v) is 6.42. The number of alkyl halides is 1. The third-order valence-electron chi connectivity index (χ3n) is 3.09. The van der Waals surface area contributed by atoms with Crippen molar-refractivity contribution < 1.29 is 0 Å². The van der Waals surface area contributed by atoms with Crippen LogP contribution < -0.4 is 0 Å². The maximum Gasteiger partial charge on any atom is 0.108 e. The monoisotopic (exact) mass is 248 g/mol. The molecule has 2 rings (SSSR count). The molecule has 0 aliphatic rings. The Balaban J connectivity index is 1.99. The Labute approximate surface area is 107 Å². The summed E-state index contributed by atoms with van der Waals surface area (Å²) in [4.78, 5) is 4.34. The Hall–Kier alpha value is -1.28. The topological polar surface area (TPSA) is 17.8 Å². The number of hydrogen-bond donors (Lipinski definition) is 0. The van der Waals surface area contributed by atoms with Gasteiger partial charge in [-0.1, -0.05) is 30.3 Å². The predicted molar refractivity (Wildman–Crippen MR) is 71.4 cm³/mol. The highest BCUT2D eigenvalue weighted by molar-refractivity contribution is 6.18. The van der Waals surface area contributed by atoms with Gasteiger partial charge in [-0.3, -0.25) is 0 Å². The summed E-state index contributed by atoms with van der Waals surface area (Å²) >= 11 is 6.05. The number of imidazole rings is 1. The van der Waals surface area contributed by atoms with E-state index in [0.717, 1.165) is 18.7 Å². The van der Waals surface area contributed by atoms with Crippen LogP contribution in [0.5, 0.6) is 0 Å². The van der Waals surface area contributed by atoms with Gasteiger partial charge in [-0.2, -0.15) is 0 Å². The third-order valence-corrected chi connectivity index (χ3v) is 3.47. The Morgan fingerprint density at radius 3 is 2.65 bits per heavy atom. The summed E-state index contributed by atoms with van der Waals surface area (Å²) < 4.78 is 2.07. The molecule has 1 unspecified atom stereocenters. The number of aryl methyl sites for hydroxylation is 2. The molecule has 3 heteroatoms. The molecule has 0 fully saturated rings. The largest absolute Gasteiger partial charge is 0.338 e. The molecule has 0 spiro atoms. The fraction of sp³-hybridized carbons (Fsp3) is 0.357. The van der Waals surface area contributed by atoms with E-state index in [1.807, 2.05) is 25.5 Å². The molecule has 0 amide bonds. The van der Waals surface area contributed by atoms with Crippen LogP contribution in [0.2, 0.25) is 0 Å². The fourth-order valence-corrected chi connectivity index (χ4v) is 2.33. The van der Waals surface area contributed by atoms with Crippen molar-refractivity contribution in [2.24, 2.45) is 7.05 Å². The zero-order chi connectivity index (χ0) is 12.1. The lowest BCUT2D eigenvalue weighted by molar-refractivity contribution is 0.646. The van der Waals surface area contributed by atoms with Crippen molar-refractivity contribution >= 4 is 11.6 Å². The van der Waals surface area contributed by atoms with Crippen LogP contribution >= 0.6 is 11.6 Å². The van der Waals surface area contributed by atoms with Gasteiger partial charge in [0, 0.05) is 31.7 Å². The molecule has 17 heavy (non-hydrogen) atoms. The molecular weight excluding hydrogens is 232 g/mol. The Morgan fingerprint density at radius 2 is 2.06 bits per heavy atom. The molecule has 1 aromatic carbocycles. The molecule has 0 saturated carbocycles. The van der Waals surface area contributed by atoms with E-state index in [1.165, 1.54) is 5.56 Å². The molecule has 0 bridgehead atoms. The molecule has 2 aromatic rings. The summed E-state index contributed by atoms with van der Waals surface area (Å²) in [5.41, 5.74) is 1.32. The summed E-state index contributed by atoms with van der Waals surface area (Å²) in [7, 11) is 2.03. The van der Waals surface area contributed by atoms with E-state index in [0.29, 0.717) is 11.8 Å². The van der Waals surface area contributed by atoms with E-state index < -0.39 is 0 Å². The van der Waals surface area contributed by atoms with Gasteiger partial charge in [-0.15, -0.1) is 11.6 Å². The van der Waals surface area contributed by atoms with Gasteiger partial charge < -0.3 is 4.57 Å². The van der Waals surface area contributed by atoms with Crippen LogP contribution in [0.1, 0.15) is 23.7 Å².